The van der Waals surface area contributed by atoms with E-state index < -0.39 is 17.7 Å². The molecule has 0 radical (unpaired) electrons. The zero-order valence-electron chi connectivity index (χ0n) is 13.0. The average molecular weight is 348 g/mol. The molecule has 8 heteroatoms. The summed E-state index contributed by atoms with van der Waals surface area (Å²) in [5, 5.41) is 0. The fraction of sp³-hybridized carbons (Fsp3) is 0.533. The third-order valence-electron chi connectivity index (χ3n) is 3.97. The SMILES string of the molecule is COC(C(=O)N1CCN(SC)CC1)(c1ccccc1)C(F)(F)F. The Morgan fingerprint density at radius 3 is 2.13 bits per heavy atom. The van der Waals surface area contributed by atoms with E-state index in [9.17, 15) is 18.0 Å². The van der Waals surface area contributed by atoms with Crippen LogP contribution in [0.4, 0.5) is 13.2 Å². The number of methoxy groups -OCH3 is 1. The van der Waals surface area contributed by atoms with Crippen molar-refractivity contribution in [1.82, 2.24) is 9.21 Å². The number of nitrogens with zero attached hydrogens (tertiary/aromatic N) is 2. The van der Waals surface area contributed by atoms with Gasteiger partial charge in [-0.05, 0) is 6.26 Å². The Balaban J connectivity index is 2.37. The number of hydrogen-bond acceptors (Lipinski definition) is 4. The lowest BCUT2D eigenvalue weighted by atomic mass is 9.90. The molecule has 0 aromatic heterocycles. The number of amides is 1. The summed E-state index contributed by atoms with van der Waals surface area (Å²) in [6.07, 6.45) is -2.95. The molecule has 1 unspecified atom stereocenters. The van der Waals surface area contributed by atoms with Crippen LogP contribution in [0.2, 0.25) is 0 Å². The molecule has 2 rings (SSSR count). The fourth-order valence-electron chi connectivity index (χ4n) is 2.70. The lowest BCUT2D eigenvalue weighted by Gasteiger charge is -2.40. The number of piperazine rings is 1. The average Bonchev–Trinajstić information content (AvgIpc) is 2.55. The van der Waals surface area contributed by atoms with Gasteiger partial charge in [-0.2, -0.15) is 13.2 Å². The summed E-state index contributed by atoms with van der Waals surface area (Å²) >= 11 is 1.52. The van der Waals surface area contributed by atoms with Gasteiger partial charge in [0.2, 0.25) is 0 Å². The quantitative estimate of drug-likeness (QED) is 0.783. The Hall–Kier alpha value is -1.25. The van der Waals surface area contributed by atoms with Crippen LogP contribution in [0.15, 0.2) is 30.3 Å². The van der Waals surface area contributed by atoms with E-state index in [2.05, 4.69) is 0 Å². The first-order valence-corrected chi connectivity index (χ1v) is 8.31. The number of rotatable bonds is 4. The maximum Gasteiger partial charge on any atom is 0.430 e. The molecule has 23 heavy (non-hydrogen) atoms. The van der Waals surface area contributed by atoms with Crippen molar-refractivity contribution in [2.75, 3.05) is 39.5 Å². The Kier molecular flexibility index (Phi) is 5.59. The van der Waals surface area contributed by atoms with Gasteiger partial charge in [-0.1, -0.05) is 42.3 Å². The van der Waals surface area contributed by atoms with E-state index in [1.54, 1.807) is 6.07 Å². The van der Waals surface area contributed by atoms with E-state index >= 15 is 0 Å². The monoisotopic (exact) mass is 348 g/mol. The predicted octanol–water partition coefficient (Wildman–Crippen LogP) is 2.51. The minimum atomic E-state index is -4.85. The van der Waals surface area contributed by atoms with Gasteiger partial charge < -0.3 is 9.64 Å². The van der Waals surface area contributed by atoms with Gasteiger partial charge in [-0.15, -0.1) is 0 Å². The maximum atomic E-state index is 13.8. The van der Waals surface area contributed by atoms with Crippen LogP contribution in [0.25, 0.3) is 0 Å². The second-order valence-corrected chi connectivity index (χ2v) is 6.03. The zero-order valence-corrected chi connectivity index (χ0v) is 13.8. The zero-order chi connectivity index (χ0) is 17.1. The van der Waals surface area contributed by atoms with Crippen molar-refractivity contribution in [1.29, 1.82) is 0 Å². The van der Waals surface area contributed by atoms with E-state index in [0.29, 0.717) is 13.1 Å². The molecule has 1 aliphatic rings. The summed E-state index contributed by atoms with van der Waals surface area (Å²) in [5.74, 6) is -1.06. The molecule has 4 nitrogen and oxygen atoms in total. The van der Waals surface area contributed by atoms with Crippen LogP contribution in [-0.4, -0.2) is 60.8 Å². The van der Waals surface area contributed by atoms with E-state index in [-0.39, 0.29) is 18.7 Å². The van der Waals surface area contributed by atoms with Crippen LogP contribution in [0.5, 0.6) is 0 Å². The van der Waals surface area contributed by atoms with Crippen molar-refractivity contribution >= 4 is 17.9 Å². The summed E-state index contributed by atoms with van der Waals surface area (Å²) in [7, 11) is 0.927. The first-order valence-electron chi connectivity index (χ1n) is 7.12. The molecule has 128 valence electrons. The van der Waals surface area contributed by atoms with Gasteiger partial charge >= 0.3 is 6.18 Å². The first kappa shape index (κ1) is 18.1. The highest BCUT2D eigenvalue weighted by atomic mass is 32.2. The largest absolute Gasteiger partial charge is 0.430 e. The molecule has 0 saturated carbocycles. The molecular formula is C15H19F3N2O2S. The normalized spacial score (nSPS) is 19.4. The lowest BCUT2D eigenvalue weighted by molar-refractivity contribution is -0.270. The third-order valence-corrected chi connectivity index (χ3v) is 4.85. The molecule has 0 spiro atoms. The van der Waals surface area contributed by atoms with Crippen molar-refractivity contribution in [3.8, 4) is 0 Å². The van der Waals surface area contributed by atoms with Crippen LogP contribution >= 0.6 is 11.9 Å². The molecule has 1 aromatic rings. The van der Waals surface area contributed by atoms with Gasteiger partial charge in [-0.3, -0.25) is 4.79 Å². The van der Waals surface area contributed by atoms with E-state index in [4.69, 9.17) is 4.74 Å². The number of carbonyl (C=O) groups excluding carboxylic acids is 1. The van der Waals surface area contributed by atoms with Crippen LogP contribution < -0.4 is 0 Å². The van der Waals surface area contributed by atoms with Crippen LogP contribution in [-0.2, 0) is 15.1 Å². The Morgan fingerprint density at radius 2 is 1.70 bits per heavy atom. The van der Waals surface area contributed by atoms with Crippen molar-refractivity contribution in [2.45, 2.75) is 11.8 Å². The first-order chi connectivity index (χ1) is 10.9. The highest BCUT2D eigenvalue weighted by Gasteiger charge is 2.63. The topological polar surface area (TPSA) is 32.8 Å². The highest BCUT2D eigenvalue weighted by Crippen LogP contribution is 2.43. The molecular weight excluding hydrogens is 329 g/mol. The van der Waals surface area contributed by atoms with Crippen molar-refractivity contribution in [3.63, 3.8) is 0 Å². The molecule has 1 aromatic carbocycles. The van der Waals surface area contributed by atoms with Gasteiger partial charge in [0.15, 0.2) is 0 Å². The third kappa shape index (κ3) is 3.34. The van der Waals surface area contributed by atoms with Crippen molar-refractivity contribution in [2.24, 2.45) is 0 Å². The van der Waals surface area contributed by atoms with Gasteiger partial charge in [-0.25, -0.2) is 4.31 Å². The smallest absolute Gasteiger partial charge is 0.356 e. The summed E-state index contributed by atoms with van der Waals surface area (Å²) in [4.78, 5) is 14.0. The summed E-state index contributed by atoms with van der Waals surface area (Å²) in [6, 6.07) is 7.07. The molecule has 1 fully saturated rings. The molecule has 1 saturated heterocycles. The number of alkyl halides is 3. The molecule has 1 aliphatic heterocycles. The van der Waals surface area contributed by atoms with Gasteiger partial charge in [0.25, 0.3) is 11.5 Å². The molecule has 0 aliphatic carbocycles. The molecule has 1 heterocycles. The number of carbonyl (C=O) groups is 1. The second-order valence-electron chi connectivity index (χ2n) is 5.15. The van der Waals surface area contributed by atoms with Gasteiger partial charge in [0.1, 0.15) is 0 Å². The van der Waals surface area contributed by atoms with Crippen molar-refractivity contribution < 1.29 is 22.7 Å². The van der Waals surface area contributed by atoms with Crippen LogP contribution in [0.3, 0.4) is 0 Å². The Morgan fingerprint density at radius 1 is 1.13 bits per heavy atom. The van der Waals surface area contributed by atoms with E-state index in [1.807, 2.05) is 10.6 Å². The fourth-order valence-corrected chi connectivity index (χ4v) is 3.23. The highest BCUT2D eigenvalue weighted by molar-refractivity contribution is 7.96. The number of halogens is 3. The standard InChI is InChI=1S/C15H19F3N2O2S/c1-22-14(15(16,17)18,12-6-4-3-5-7-12)13(21)19-8-10-20(23-2)11-9-19/h3-7H,8-11H2,1-2H3. The number of benzene rings is 1. The Bertz CT molecular complexity index is 533. The minimum absolute atomic E-state index is 0.202. The van der Waals surface area contributed by atoms with E-state index in [0.717, 1.165) is 7.11 Å². The predicted molar refractivity (Wildman–Crippen MR) is 82.9 cm³/mol. The van der Waals surface area contributed by atoms with Gasteiger partial charge in [0, 0.05) is 38.9 Å². The van der Waals surface area contributed by atoms with Crippen LogP contribution in [0, 0.1) is 0 Å². The Labute approximate surface area is 137 Å². The van der Waals surface area contributed by atoms with E-state index in [1.165, 1.54) is 41.1 Å². The number of ether oxygens (including phenoxy) is 1. The minimum Gasteiger partial charge on any atom is -0.356 e. The number of hydrogen-bond donors (Lipinski definition) is 0. The summed E-state index contributed by atoms with van der Waals surface area (Å²) in [5.41, 5.74) is -3.16. The molecule has 0 N–H and O–H groups in total. The summed E-state index contributed by atoms with van der Waals surface area (Å²) in [6.45, 7) is 1.54. The lowest BCUT2D eigenvalue weighted by Crippen LogP contribution is -2.59. The second kappa shape index (κ2) is 7.11. The van der Waals surface area contributed by atoms with Crippen molar-refractivity contribution in [3.05, 3.63) is 35.9 Å². The molecule has 1 atom stereocenters. The van der Waals surface area contributed by atoms with Crippen LogP contribution in [0.1, 0.15) is 5.56 Å². The summed E-state index contributed by atoms with van der Waals surface area (Å²) < 4.78 is 48.3. The molecule has 1 amide bonds. The van der Waals surface area contributed by atoms with Gasteiger partial charge in [0.05, 0.1) is 0 Å². The molecule has 0 bridgehead atoms. The maximum absolute atomic E-state index is 13.8.